The highest BCUT2D eigenvalue weighted by Gasteiger charge is 2.38. The standard InChI is InChI=1S/C24H29N3O3S/c1-17(28)27(20-10-6-3-7-11-20)24-25-19(16-31-24)12-13-23(30)26-15-21(29)14-22(26)18-8-4-2-5-9-18/h3,6-7,10-13,16,18,21-22,29H,2,4-5,8-9,14-15H2,1H3/b13-12+. The molecule has 4 rings (SSSR count). The van der Waals surface area contributed by atoms with Gasteiger partial charge < -0.3 is 10.0 Å². The van der Waals surface area contributed by atoms with Crippen LogP contribution in [0.1, 0.15) is 51.1 Å². The van der Waals surface area contributed by atoms with Crippen molar-refractivity contribution in [3.05, 3.63) is 47.5 Å². The van der Waals surface area contributed by atoms with Gasteiger partial charge in [-0.1, -0.05) is 37.5 Å². The normalized spacial score (nSPS) is 22.2. The van der Waals surface area contributed by atoms with Crippen molar-refractivity contribution in [2.75, 3.05) is 11.4 Å². The molecule has 1 N–H and O–H groups in total. The van der Waals surface area contributed by atoms with E-state index in [1.54, 1.807) is 17.1 Å². The molecule has 31 heavy (non-hydrogen) atoms. The Morgan fingerprint density at radius 2 is 1.94 bits per heavy atom. The molecule has 2 atom stereocenters. The molecule has 0 bridgehead atoms. The topological polar surface area (TPSA) is 73.7 Å². The molecule has 1 aliphatic heterocycles. The Bertz CT molecular complexity index is 937. The van der Waals surface area contributed by atoms with Crippen LogP contribution in [0.5, 0.6) is 0 Å². The highest BCUT2D eigenvalue weighted by Crippen LogP contribution is 2.35. The molecule has 2 heterocycles. The minimum Gasteiger partial charge on any atom is -0.391 e. The second-order valence-electron chi connectivity index (χ2n) is 8.42. The first-order valence-corrected chi connectivity index (χ1v) is 11.9. The predicted molar refractivity (Wildman–Crippen MR) is 123 cm³/mol. The number of nitrogens with zero attached hydrogens (tertiary/aromatic N) is 3. The van der Waals surface area contributed by atoms with E-state index in [0.717, 1.165) is 18.5 Å². The minimum atomic E-state index is -0.440. The molecule has 1 aromatic carbocycles. The summed E-state index contributed by atoms with van der Waals surface area (Å²) in [5, 5.41) is 12.6. The van der Waals surface area contributed by atoms with Gasteiger partial charge in [0, 0.05) is 31.0 Å². The van der Waals surface area contributed by atoms with Gasteiger partial charge in [-0.15, -0.1) is 11.3 Å². The van der Waals surface area contributed by atoms with Crippen LogP contribution >= 0.6 is 11.3 Å². The maximum absolute atomic E-state index is 12.9. The lowest BCUT2D eigenvalue weighted by Crippen LogP contribution is -2.40. The number of hydrogen-bond donors (Lipinski definition) is 1. The van der Waals surface area contributed by atoms with E-state index < -0.39 is 6.10 Å². The van der Waals surface area contributed by atoms with Crippen LogP contribution in [-0.2, 0) is 9.59 Å². The van der Waals surface area contributed by atoms with Crippen molar-refractivity contribution >= 4 is 40.0 Å². The van der Waals surface area contributed by atoms with Gasteiger partial charge >= 0.3 is 0 Å². The number of anilines is 2. The van der Waals surface area contributed by atoms with Crippen LogP contribution in [-0.4, -0.2) is 45.5 Å². The van der Waals surface area contributed by atoms with Crippen molar-refractivity contribution in [2.24, 2.45) is 5.92 Å². The van der Waals surface area contributed by atoms with Gasteiger partial charge in [0.05, 0.1) is 17.5 Å². The fourth-order valence-corrected chi connectivity index (χ4v) is 5.63. The average Bonchev–Trinajstić information content (AvgIpc) is 3.40. The van der Waals surface area contributed by atoms with Crippen LogP contribution in [0.4, 0.5) is 10.8 Å². The molecule has 2 aliphatic rings. The lowest BCUT2D eigenvalue weighted by atomic mass is 9.82. The first-order chi connectivity index (χ1) is 15.0. The summed E-state index contributed by atoms with van der Waals surface area (Å²) in [5.41, 5.74) is 1.40. The summed E-state index contributed by atoms with van der Waals surface area (Å²) in [6.45, 7) is 1.91. The molecule has 1 saturated carbocycles. The van der Waals surface area contributed by atoms with Gasteiger partial charge in [-0.05, 0) is 43.4 Å². The van der Waals surface area contributed by atoms with Crippen molar-refractivity contribution in [3.8, 4) is 0 Å². The van der Waals surface area contributed by atoms with Crippen LogP contribution in [0.15, 0.2) is 41.8 Å². The number of amides is 2. The van der Waals surface area contributed by atoms with Gasteiger partial charge in [-0.3, -0.25) is 14.5 Å². The van der Waals surface area contributed by atoms with Crippen molar-refractivity contribution in [1.29, 1.82) is 0 Å². The summed E-state index contributed by atoms with van der Waals surface area (Å²) in [4.78, 5) is 33.1. The Morgan fingerprint density at radius 1 is 1.19 bits per heavy atom. The minimum absolute atomic E-state index is 0.0758. The van der Waals surface area contributed by atoms with E-state index in [0.29, 0.717) is 29.7 Å². The number of aliphatic hydroxyl groups excluding tert-OH is 1. The van der Waals surface area contributed by atoms with E-state index in [1.165, 1.54) is 37.5 Å². The number of aliphatic hydroxyl groups is 1. The van der Waals surface area contributed by atoms with E-state index in [1.807, 2.05) is 40.6 Å². The largest absolute Gasteiger partial charge is 0.391 e. The fraction of sp³-hybridized carbons (Fsp3) is 0.458. The molecular formula is C24H29N3O3S. The van der Waals surface area contributed by atoms with E-state index in [4.69, 9.17) is 0 Å². The van der Waals surface area contributed by atoms with Crippen LogP contribution in [0.25, 0.3) is 6.08 Å². The molecular weight excluding hydrogens is 410 g/mol. The highest BCUT2D eigenvalue weighted by molar-refractivity contribution is 7.14. The lowest BCUT2D eigenvalue weighted by Gasteiger charge is -2.33. The van der Waals surface area contributed by atoms with Gasteiger partial charge in [0.1, 0.15) is 0 Å². The van der Waals surface area contributed by atoms with Crippen LogP contribution in [0.2, 0.25) is 0 Å². The van der Waals surface area contributed by atoms with E-state index in [-0.39, 0.29) is 17.9 Å². The summed E-state index contributed by atoms with van der Waals surface area (Å²) < 4.78 is 0. The third kappa shape index (κ3) is 5.05. The molecule has 2 amide bonds. The molecule has 1 aromatic heterocycles. The number of likely N-dealkylation sites (tertiary alicyclic amines) is 1. The first-order valence-electron chi connectivity index (χ1n) is 11.0. The summed E-state index contributed by atoms with van der Waals surface area (Å²) >= 11 is 1.37. The molecule has 0 spiro atoms. The number of carbonyl (C=O) groups is 2. The average molecular weight is 440 g/mol. The smallest absolute Gasteiger partial charge is 0.246 e. The number of rotatable bonds is 5. The molecule has 2 fully saturated rings. The number of hydrogen-bond acceptors (Lipinski definition) is 5. The number of para-hydroxylation sites is 1. The van der Waals surface area contributed by atoms with Gasteiger partial charge in [0.25, 0.3) is 0 Å². The number of carbonyl (C=O) groups excluding carboxylic acids is 2. The highest BCUT2D eigenvalue weighted by atomic mass is 32.1. The maximum Gasteiger partial charge on any atom is 0.246 e. The molecule has 164 valence electrons. The zero-order valence-corrected chi connectivity index (χ0v) is 18.6. The van der Waals surface area contributed by atoms with Crippen LogP contribution in [0.3, 0.4) is 0 Å². The van der Waals surface area contributed by atoms with Gasteiger partial charge in [-0.25, -0.2) is 4.98 Å². The quantitative estimate of drug-likeness (QED) is 0.702. The molecule has 1 saturated heterocycles. The Balaban J connectivity index is 1.46. The van der Waals surface area contributed by atoms with Crippen molar-refractivity contribution in [1.82, 2.24) is 9.88 Å². The lowest BCUT2D eigenvalue weighted by molar-refractivity contribution is -0.128. The fourth-order valence-electron chi connectivity index (χ4n) is 4.77. The zero-order valence-electron chi connectivity index (χ0n) is 17.8. The molecule has 0 radical (unpaired) electrons. The zero-order chi connectivity index (χ0) is 21.8. The van der Waals surface area contributed by atoms with Gasteiger partial charge in [0.15, 0.2) is 5.13 Å². The Hall–Kier alpha value is -2.51. The first kappa shape index (κ1) is 21.7. The van der Waals surface area contributed by atoms with E-state index >= 15 is 0 Å². The van der Waals surface area contributed by atoms with E-state index in [9.17, 15) is 14.7 Å². The SMILES string of the molecule is CC(=O)N(c1ccccc1)c1nc(/C=C/C(=O)N2CC(O)CC2C2CCCCC2)cs1. The third-order valence-corrected chi connectivity index (χ3v) is 7.07. The number of β-amino-alcohol motifs (C(OH)–C–C–N with tert-alkyl or cyclic N) is 1. The van der Waals surface area contributed by atoms with E-state index in [2.05, 4.69) is 4.98 Å². The molecule has 7 heteroatoms. The second-order valence-corrected chi connectivity index (χ2v) is 9.26. The Morgan fingerprint density at radius 3 is 2.65 bits per heavy atom. The third-order valence-electron chi connectivity index (χ3n) is 6.23. The predicted octanol–water partition coefficient (Wildman–Crippen LogP) is 4.38. The Labute approximate surface area is 187 Å². The number of aromatic nitrogens is 1. The monoisotopic (exact) mass is 439 g/mol. The Kier molecular flexibility index (Phi) is 6.83. The van der Waals surface area contributed by atoms with Gasteiger partial charge in [-0.2, -0.15) is 0 Å². The number of thiazole rings is 1. The molecule has 1 aliphatic carbocycles. The maximum atomic E-state index is 12.9. The van der Waals surface area contributed by atoms with Crippen LogP contribution in [0, 0.1) is 5.92 Å². The summed E-state index contributed by atoms with van der Waals surface area (Å²) in [6, 6.07) is 9.53. The van der Waals surface area contributed by atoms with Crippen molar-refractivity contribution < 1.29 is 14.7 Å². The summed E-state index contributed by atoms with van der Waals surface area (Å²) in [5.74, 6) is 0.297. The summed E-state index contributed by atoms with van der Waals surface area (Å²) in [6.07, 6.45) is 9.46. The van der Waals surface area contributed by atoms with Crippen molar-refractivity contribution in [3.63, 3.8) is 0 Å². The number of benzene rings is 1. The van der Waals surface area contributed by atoms with Gasteiger partial charge in [0.2, 0.25) is 11.8 Å². The molecule has 6 nitrogen and oxygen atoms in total. The second kappa shape index (κ2) is 9.75. The summed E-state index contributed by atoms with van der Waals surface area (Å²) in [7, 11) is 0. The van der Waals surface area contributed by atoms with Crippen LogP contribution < -0.4 is 4.90 Å². The molecule has 2 unspecified atom stereocenters. The van der Waals surface area contributed by atoms with Crippen molar-refractivity contribution in [2.45, 2.75) is 57.6 Å². The molecule has 2 aromatic rings.